The van der Waals surface area contributed by atoms with E-state index in [9.17, 15) is 5.11 Å². The molecule has 2 atom stereocenters. The zero-order chi connectivity index (χ0) is 20.1. The minimum absolute atomic E-state index is 0.177. The number of hydrogen-bond acceptors (Lipinski definition) is 5. The van der Waals surface area contributed by atoms with E-state index >= 15 is 0 Å². The van der Waals surface area contributed by atoms with Crippen LogP contribution in [0, 0.1) is 0 Å². The van der Waals surface area contributed by atoms with Crippen molar-refractivity contribution in [3.63, 3.8) is 0 Å². The monoisotopic (exact) mass is 387 g/mol. The summed E-state index contributed by atoms with van der Waals surface area (Å²) in [5.41, 5.74) is 1.50. The van der Waals surface area contributed by atoms with Crippen LogP contribution in [0.2, 0.25) is 0 Å². The summed E-state index contributed by atoms with van der Waals surface area (Å²) in [5, 5.41) is 14.1. The average Bonchev–Trinajstić information content (AvgIpc) is 2.71. The van der Waals surface area contributed by atoms with Crippen LogP contribution in [0.15, 0.2) is 60.7 Å². The second kappa shape index (κ2) is 12.6. The first kappa shape index (κ1) is 22.5. The summed E-state index contributed by atoms with van der Waals surface area (Å²) >= 11 is 0. The van der Waals surface area contributed by atoms with E-state index in [-0.39, 0.29) is 12.9 Å². The van der Waals surface area contributed by atoms with Crippen LogP contribution in [0.25, 0.3) is 0 Å². The largest absolute Gasteiger partial charge is 0.389 e. The molecule has 0 saturated carbocycles. The van der Waals surface area contributed by atoms with Crippen molar-refractivity contribution in [2.75, 3.05) is 33.6 Å². The third-order valence-corrected chi connectivity index (χ3v) is 4.44. The Morgan fingerprint density at radius 1 is 1.00 bits per heavy atom. The van der Waals surface area contributed by atoms with Crippen LogP contribution in [0.4, 0.5) is 0 Å². The molecule has 0 aliphatic rings. The van der Waals surface area contributed by atoms with Crippen molar-refractivity contribution in [3.05, 3.63) is 71.8 Å². The molecule has 154 valence electrons. The highest BCUT2D eigenvalue weighted by Gasteiger charge is 2.26. The lowest BCUT2D eigenvalue weighted by Gasteiger charge is -2.29. The summed E-state index contributed by atoms with van der Waals surface area (Å²) in [5.74, 6) is 0. The third-order valence-electron chi connectivity index (χ3n) is 4.44. The maximum absolute atomic E-state index is 10.8. The lowest BCUT2D eigenvalue weighted by Crippen LogP contribution is -2.43. The summed E-state index contributed by atoms with van der Waals surface area (Å²) in [6.45, 7) is 4.23. The van der Waals surface area contributed by atoms with E-state index in [1.165, 1.54) is 5.56 Å². The Hall–Kier alpha value is -1.76. The standard InChI is InChI=1S/C23H33NO4/c1-23(25,18-24-14-13-20-9-5-3-6-10-20)15-22(28-19-26-2)17-27-16-21-11-7-4-8-12-21/h3-12,22,24-25H,13-19H2,1-2H3/t22-,23+/m0/s1. The Morgan fingerprint density at radius 3 is 2.29 bits per heavy atom. The zero-order valence-corrected chi connectivity index (χ0v) is 17.0. The van der Waals surface area contributed by atoms with Crippen LogP contribution in [0.5, 0.6) is 0 Å². The van der Waals surface area contributed by atoms with Crippen LogP contribution in [0.1, 0.15) is 24.5 Å². The lowest BCUT2D eigenvalue weighted by molar-refractivity contribution is -0.122. The third kappa shape index (κ3) is 9.44. The van der Waals surface area contributed by atoms with Crippen molar-refractivity contribution in [2.45, 2.75) is 38.1 Å². The summed E-state index contributed by atoms with van der Waals surface area (Å²) in [4.78, 5) is 0. The van der Waals surface area contributed by atoms with Crippen molar-refractivity contribution >= 4 is 0 Å². The van der Waals surface area contributed by atoms with Gasteiger partial charge in [0.05, 0.1) is 24.9 Å². The first-order valence-corrected chi connectivity index (χ1v) is 9.78. The summed E-state index contributed by atoms with van der Waals surface area (Å²) in [7, 11) is 1.59. The van der Waals surface area contributed by atoms with E-state index in [4.69, 9.17) is 14.2 Å². The highest BCUT2D eigenvalue weighted by atomic mass is 16.7. The van der Waals surface area contributed by atoms with Gasteiger partial charge in [-0.3, -0.25) is 0 Å². The van der Waals surface area contributed by atoms with E-state index in [2.05, 4.69) is 17.4 Å². The predicted molar refractivity (Wildman–Crippen MR) is 111 cm³/mol. The van der Waals surface area contributed by atoms with Crippen molar-refractivity contribution in [1.82, 2.24) is 5.32 Å². The SMILES string of the molecule is COCO[C@H](COCc1ccccc1)C[C@@](C)(O)CNCCc1ccccc1. The molecule has 0 fully saturated rings. The summed E-state index contributed by atoms with van der Waals surface area (Å²) in [6, 6.07) is 20.3. The Kier molecular flexibility index (Phi) is 10.2. The van der Waals surface area contributed by atoms with Gasteiger partial charge in [0.25, 0.3) is 0 Å². The molecule has 0 aliphatic heterocycles. The predicted octanol–water partition coefficient (Wildman–Crippen LogP) is 3.17. The van der Waals surface area contributed by atoms with Gasteiger partial charge < -0.3 is 24.6 Å². The summed E-state index contributed by atoms with van der Waals surface area (Å²) in [6.07, 6.45) is 1.15. The molecule has 0 amide bonds. The second-order valence-corrected chi connectivity index (χ2v) is 7.31. The van der Waals surface area contributed by atoms with Gasteiger partial charge in [-0.05, 0) is 31.0 Å². The first-order valence-electron chi connectivity index (χ1n) is 9.78. The Morgan fingerprint density at radius 2 is 1.64 bits per heavy atom. The number of ether oxygens (including phenoxy) is 3. The number of rotatable bonds is 14. The minimum Gasteiger partial charge on any atom is -0.389 e. The molecule has 0 spiro atoms. The average molecular weight is 388 g/mol. The molecule has 0 unspecified atom stereocenters. The van der Waals surface area contributed by atoms with Gasteiger partial charge in [-0.1, -0.05) is 60.7 Å². The molecule has 5 nitrogen and oxygen atoms in total. The minimum atomic E-state index is -0.898. The molecule has 2 N–H and O–H groups in total. The molecule has 0 radical (unpaired) electrons. The Balaban J connectivity index is 1.73. The van der Waals surface area contributed by atoms with Crippen molar-refractivity contribution in [2.24, 2.45) is 0 Å². The van der Waals surface area contributed by atoms with Gasteiger partial charge in [-0.25, -0.2) is 0 Å². The molecular weight excluding hydrogens is 354 g/mol. The van der Waals surface area contributed by atoms with Gasteiger partial charge in [-0.2, -0.15) is 0 Å². The highest BCUT2D eigenvalue weighted by Crippen LogP contribution is 2.15. The van der Waals surface area contributed by atoms with Crippen molar-refractivity contribution in [1.29, 1.82) is 0 Å². The van der Waals surface area contributed by atoms with Crippen LogP contribution in [-0.2, 0) is 27.2 Å². The molecule has 0 aliphatic carbocycles. The molecule has 5 heteroatoms. The van der Waals surface area contributed by atoms with Crippen molar-refractivity contribution < 1.29 is 19.3 Å². The Bertz CT molecular complexity index is 634. The molecule has 0 bridgehead atoms. The lowest BCUT2D eigenvalue weighted by atomic mass is 9.98. The molecule has 0 aromatic heterocycles. The maximum Gasteiger partial charge on any atom is 0.146 e. The normalized spacial score (nSPS) is 14.5. The van der Waals surface area contributed by atoms with Crippen LogP contribution < -0.4 is 5.32 Å². The quantitative estimate of drug-likeness (QED) is 0.385. The van der Waals surface area contributed by atoms with E-state index in [0.717, 1.165) is 18.5 Å². The number of benzene rings is 2. The van der Waals surface area contributed by atoms with Gasteiger partial charge in [-0.15, -0.1) is 0 Å². The maximum atomic E-state index is 10.8. The van der Waals surface area contributed by atoms with Crippen LogP contribution >= 0.6 is 0 Å². The van der Waals surface area contributed by atoms with Gasteiger partial charge in [0.2, 0.25) is 0 Å². The highest BCUT2D eigenvalue weighted by molar-refractivity contribution is 5.15. The molecule has 2 aromatic carbocycles. The van der Waals surface area contributed by atoms with E-state index < -0.39 is 5.60 Å². The molecule has 28 heavy (non-hydrogen) atoms. The van der Waals surface area contributed by atoms with E-state index in [1.807, 2.05) is 55.5 Å². The Labute approximate surface area is 168 Å². The molecule has 2 aromatic rings. The fourth-order valence-electron chi connectivity index (χ4n) is 3.01. The van der Waals surface area contributed by atoms with Crippen LogP contribution in [0.3, 0.4) is 0 Å². The van der Waals surface area contributed by atoms with Gasteiger partial charge >= 0.3 is 0 Å². The van der Waals surface area contributed by atoms with E-state index in [0.29, 0.717) is 26.2 Å². The fourth-order valence-corrected chi connectivity index (χ4v) is 3.01. The van der Waals surface area contributed by atoms with Crippen molar-refractivity contribution in [3.8, 4) is 0 Å². The van der Waals surface area contributed by atoms with Gasteiger partial charge in [0.15, 0.2) is 0 Å². The number of aliphatic hydroxyl groups is 1. The molecular formula is C23H33NO4. The zero-order valence-electron chi connectivity index (χ0n) is 17.0. The second-order valence-electron chi connectivity index (χ2n) is 7.31. The van der Waals surface area contributed by atoms with Gasteiger partial charge in [0, 0.05) is 20.1 Å². The van der Waals surface area contributed by atoms with Crippen LogP contribution in [-0.4, -0.2) is 50.4 Å². The fraction of sp³-hybridized carbons (Fsp3) is 0.478. The molecule has 0 heterocycles. The number of hydrogen-bond donors (Lipinski definition) is 2. The number of methoxy groups -OCH3 is 1. The first-order chi connectivity index (χ1) is 13.6. The summed E-state index contributed by atoms with van der Waals surface area (Å²) < 4.78 is 16.5. The van der Waals surface area contributed by atoms with Gasteiger partial charge in [0.1, 0.15) is 6.79 Å². The molecule has 2 rings (SSSR count). The van der Waals surface area contributed by atoms with E-state index in [1.54, 1.807) is 7.11 Å². The number of nitrogens with one attached hydrogen (secondary N) is 1. The molecule has 0 saturated heterocycles. The smallest absolute Gasteiger partial charge is 0.146 e. The topological polar surface area (TPSA) is 60.0 Å².